The van der Waals surface area contributed by atoms with Gasteiger partial charge in [-0.05, 0) is 43.3 Å². The molecule has 6 nitrogen and oxygen atoms in total. The molecule has 3 aromatic heterocycles. The van der Waals surface area contributed by atoms with Crippen LogP contribution in [0.1, 0.15) is 5.69 Å². The van der Waals surface area contributed by atoms with Crippen molar-refractivity contribution in [3.8, 4) is 5.69 Å². The number of benzene rings is 2. The van der Waals surface area contributed by atoms with Crippen LogP contribution in [-0.4, -0.2) is 19.7 Å². The lowest BCUT2D eigenvalue weighted by molar-refractivity contribution is 0.568. The summed E-state index contributed by atoms with van der Waals surface area (Å²) in [6.07, 6.45) is 0. The first-order valence-corrected chi connectivity index (χ1v) is 8.76. The molecule has 0 fully saturated rings. The van der Waals surface area contributed by atoms with Gasteiger partial charge < -0.3 is 4.42 Å². The first kappa shape index (κ1) is 15.2. The van der Waals surface area contributed by atoms with Crippen LogP contribution in [-0.2, 0) is 0 Å². The molecule has 2 aromatic carbocycles. The topological polar surface area (TPSA) is 73.8 Å². The first-order valence-electron chi connectivity index (χ1n) is 7.97. The van der Waals surface area contributed by atoms with Crippen molar-refractivity contribution >= 4 is 49.1 Å². The first-order chi connectivity index (χ1) is 12.6. The summed E-state index contributed by atoms with van der Waals surface area (Å²) < 4.78 is 8.10. The monoisotopic (exact) mass is 406 g/mol. The zero-order valence-electron chi connectivity index (χ0n) is 13.6. The van der Waals surface area contributed by atoms with Crippen LogP contribution in [0.5, 0.6) is 0 Å². The minimum Gasteiger partial charge on any atom is -0.421 e. The average molecular weight is 407 g/mol. The van der Waals surface area contributed by atoms with Gasteiger partial charge in [-0.3, -0.25) is 0 Å². The van der Waals surface area contributed by atoms with E-state index in [2.05, 4.69) is 26.0 Å². The maximum absolute atomic E-state index is 12.4. The quantitative estimate of drug-likeness (QED) is 0.308. The van der Waals surface area contributed by atoms with E-state index in [9.17, 15) is 4.79 Å². The Hall–Kier alpha value is -3.06. The summed E-state index contributed by atoms with van der Waals surface area (Å²) in [6.45, 7) is 1.85. The minimum atomic E-state index is -0.496. The highest BCUT2D eigenvalue weighted by Crippen LogP contribution is 2.25. The van der Waals surface area contributed by atoms with Crippen LogP contribution in [0.3, 0.4) is 0 Å². The van der Waals surface area contributed by atoms with Crippen molar-refractivity contribution in [1.82, 2.24) is 19.7 Å². The lowest BCUT2D eigenvalue weighted by atomic mass is 10.2. The highest BCUT2D eigenvalue weighted by molar-refractivity contribution is 9.10. The largest absolute Gasteiger partial charge is 0.421 e. The zero-order chi connectivity index (χ0) is 17.8. The standard InChI is InChI=1S/C19H11BrN4O2/c1-10-15-18(24(23-10)12-8-6-11(20)7-9-12)22-16-13-4-2-3-5-14(13)26-19(25)17(16)21-15/h2-9H,1H3. The van der Waals surface area contributed by atoms with Crippen LogP contribution < -0.4 is 5.63 Å². The van der Waals surface area contributed by atoms with Gasteiger partial charge in [0.25, 0.3) is 0 Å². The third kappa shape index (κ3) is 2.17. The maximum atomic E-state index is 12.4. The summed E-state index contributed by atoms with van der Waals surface area (Å²) in [7, 11) is 0. The number of para-hydroxylation sites is 1. The molecule has 0 N–H and O–H groups in total. The third-order valence-electron chi connectivity index (χ3n) is 4.28. The van der Waals surface area contributed by atoms with E-state index < -0.39 is 5.63 Å². The fraction of sp³-hybridized carbons (Fsp3) is 0.0526. The third-order valence-corrected chi connectivity index (χ3v) is 4.81. The predicted octanol–water partition coefficient (Wildman–Crippen LogP) is 4.15. The van der Waals surface area contributed by atoms with Gasteiger partial charge in [0, 0.05) is 9.86 Å². The molecule has 0 bridgehead atoms. The Morgan fingerprint density at radius 3 is 2.54 bits per heavy atom. The van der Waals surface area contributed by atoms with Crippen molar-refractivity contribution in [2.24, 2.45) is 0 Å². The van der Waals surface area contributed by atoms with Crippen LogP contribution in [0.15, 0.2) is 62.2 Å². The molecule has 0 saturated carbocycles. The summed E-state index contributed by atoms with van der Waals surface area (Å²) in [4.78, 5) is 21.6. The molecule has 0 saturated heterocycles. The normalized spacial score (nSPS) is 11.6. The van der Waals surface area contributed by atoms with E-state index in [0.29, 0.717) is 28.0 Å². The molecule has 0 aliphatic carbocycles. The van der Waals surface area contributed by atoms with Crippen molar-refractivity contribution < 1.29 is 4.42 Å². The van der Waals surface area contributed by atoms with E-state index >= 15 is 0 Å². The molecule has 3 heterocycles. The molecule has 5 rings (SSSR count). The molecule has 0 aliphatic rings. The van der Waals surface area contributed by atoms with Gasteiger partial charge in [-0.25, -0.2) is 19.4 Å². The van der Waals surface area contributed by atoms with Crippen molar-refractivity contribution in [3.63, 3.8) is 0 Å². The molecule has 26 heavy (non-hydrogen) atoms. The molecule has 5 aromatic rings. The van der Waals surface area contributed by atoms with Gasteiger partial charge in [-0.15, -0.1) is 0 Å². The van der Waals surface area contributed by atoms with Crippen LogP contribution in [0, 0.1) is 6.92 Å². The number of nitrogens with zero attached hydrogens (tertiary/aromatic N) is 4. The molecule has 0 spiro atoms. The van der Waals surface area contributed by atoms with Gasteiger partial charge in [0.1, 0.15) is 16.6 Å². The van der Waals surface area contributed by atoms with Crippen LogP contribution in [0.25, 0.3) is 38.9 Å². The van der Waals surface area contributed by atoms with Crippen molar-refractivity contribution in [3.05, 3.63) is 69.1 Å². The number of hydrogen-bond acceptors (Lipinski definition) is 5. The van der Waals surface area contributed by atoms with E-state index in [1.54, 1.807) is 10.7 Å². The van der Waals surface area contributed by atoms with Gasteiger partial charge in [0.2, 0.25) is 0 Å². The SMILES string of the molecule is Cc1nn(-c2ccc(Br)cc2)c2nc3c(nc12)c(=O)oc1ccccc13. The summed E-state index contributed by atoms with van der Waals surface area (Å²) in [5.74, 6) is 0. The van der Waals surface area contributed by atoms with Crippen molar-refractivity contribution in [2.45, 2.75) is 6.92 Å². The lowest BCUT2D eigenvalue weighted by Crippen LogP contribution is -2.05. The summed E-state index contributed by atoms with van der Waals surface area (Å²) in [5.41, 5.74) is 3.49. The molecule has 7 heteroatoms. The summed E-state index contributed by atoms with van der Waals surface area (Å²) in [6, 6.07) is 15.1. The average Bonchev–Trinajstić information content (AvgIpc) is 2.97. The second-order valence-electron chi connectivity index (χ2n) is 5.95. The second kappa shape index (κ2) is 5.47. The fourth-order valence-corrected chi connectivity index (χ4v) is 3.32. The number of rotatable bonds is 1. The number of halogens is 1. The second-order valence-corrected chi connectivity index (χ2v) is 6.87. The van der Waals surface area contributed by atoms with Crippen LogP contribution >= 0.6 is 15.9 Å². The van der Waals surface area contributed by atoms with E-state index in [4.69, 9.17) is 9.40 Å². The lowest BCUT2D eigenvalue weighted by Gasteiger charge is -2.04. The molecule has 0 amide bonds. The molecular weight excluding hydrogens is 396 g/mol. The van der Waals surface area contributed by atoms with E-state index in [-0.39, 0.29) is 5.52 Å². The Balaban J connectivity index is 1.94. The van der Waals surface area contributed by atoms with Crippen LogP contribution in [0.4, 0.5) is 0 Å². The van der Waals surface area contributed by atoms with Crippen LogP contribution in [0.2, 0.25) is 0 Å². The Kier molecular flexibility index (Phi) is 3.20. The maximum Gasteiger partial charge on any atom is 0.364 e. The van der Waals surface area contributed by atoms with Gasteiger partial charge in [-0.2, -0.15) is 5.10 Å². The van der Waals surface area contributed by atoms with E-state index in [0.717, 1.165) is 15.5 Å². The summed E-state index contributed by atoms with van der Waals surface area (Å²) >= 11 is 3.44. The molecule has 0 unspecified atom stereocenters. The van der Waals surface area contributed by atoms with Gasteiger partial charge in [0.15, 0.2) is 11.2 Å². The number of aryl methyl sites for hydroxylation is 1. The highest BCUT2D eigenvalue weighted by Gasteiger charge is 2.17. The van der Waals surface area contributed by atoms with Crippen molar-refractivity contribution in [1.29, 1.82) is 0 Å². The van der Waals surface area contributed by atoms with Crippen molar-refractivity contribution in [2.75, 3.05) is 0 Å². The minimum absolute atomic E-state index is 0.217. The Morgan fingerprint density at radius 1 is 0.962 bits per heavy atom. The van der Waals surface area contributed by atoms with Gasteiger partial charge >= 0.3 is 5.63 Å². The Labute approximate surface area is 155 Å². The summed E-state index contributed by atoms with van der Waals surface area (Å²) in [5, 5.41) is 5.31. The fourth-order valence-electron chi connectivity index (χ4n) is 3.05. The number of aromatic nitrogens is 4. The molecule has 0 atom stereocenters. The number of fused-ring (bicyclic) bond motifs is 4. The molecular formula is C19H11BrN4O2. The molecule has 0 aliphatic heterocycles. The van der Waals surface area contributed by atoms with E-state index in [1.165, 1.54) is 0 Å². The number of hydrogen-bond donors (Lipinski definition) is 0. The molecule has 126 valence electrons. The van der Waals surface area contributed by atoms with E-state index in [1.807, 2.05) is 49.4 Å². The Morgan fingerprint density at radius 2 is 1.73 bits per heavy atom. The van der Waals surface area contributed by atoms with Gasteiger partial charge in [0.05, 0.1) is 11.4 Å². The zero-order valence-corrected chi connectivity index (χ0v) is 15.2. The van der Waals surface area contributed by atoms with Gasteiger partial charge in [-0.1, -0.05) is 28.1 Å². The smallest absolute Gasteiger partial charge is 0.364 e. The highest BCUT2D eigenvalue weighted by atomic mass is 79.9. The Bertz CT molecular complexity index is 1370. The molecule has 0 radical (unpaired) electrons. The predicted molar refractivity (Wildman–Crippen MR) is 103 cm³/mol.